The van der Waals surface area contributed by atoms with Crippen molar-refractivity contribution in [3.05, 3.63) is 0 Å². The van der Waals surface area contributed by atoms with Gasteiger partial charge in [0, 0.05) is 24.4 Å². The molecule has 2 fully saturated rings. The summed E-state index contributed by atoms with van der Waals surface area (Å²) in [6, 6.07) is 0. The van der Waals surface area contributed by atoms with Crippen LogP contribution in [0.2, 0.25) is 0 Å². The fourth-order valence-electron chi connectivity index (χ4n) is 2.74. The Bertz CT molecular complexity index is 230. The van der Waals surface area contributed by atoms with Crippen LogP contribution in [0.3, 0.4) is 0 Å². The van der Waals surface area contributed by atoms with Crippen LogP contribution in [0, 0.1) is 11.3 Å². The molecule has 0 amide bonds. The van der Waals surface area contributed by atoms with Crippen molar-refractivity contribution in [2.45, 2.75) is 25.7 Å². The third-order valence-electron chi connectivity index (χ3n) is 3.99. The first kappa shape index (κ1) is 10.1. The van der Waals surface area contributed by atoms with Crippen molar-refractivity contribution in [1.29, 1.82) is 0 Å². The first-order valence-electron chi connectivity index (χ1n) is 5.61. The molecule has 1 aliphatic heterocycles. The molecule has 1 aliphatic carbocycles. The van der Waals surface area contributed by atoms with Crippen molar-refractivity contribution in [3.63, 3.8) is 0 Å². The minimum Gasteiger partial charge on any atom is -0.329 e. The summed E-state index contributed by atoms with van der Waals surface area (Å²) in [6.45, 7) is 2.57. The average Bonchev–Trinajstić information content (AvgIpc) is 2.50. The molecule has 80 valence electrons. The summed E-state index contributed by atoms with van der Waals surface area (Å²) >= 11 is 0. The quantitative estimate of drug-likeness (QED) is 0.720. The van der Waals surface area contributed by atoms with E-state index in [2.05, 4.69) is 11.9 Å². The second-order valence-electron chi connectivity index (χ2n) is 4.95. The number of nitrogens with two attached hydrogens (primary N) is 1. The summed E-state index contributed by atoms with van der Waals surface area (Å²) in [6.07, 6.45) is 4.29. The molecule has 1 atom stereocenters. The maximum atomic E-state index is 12.2. The Morgan fingerprint density at radius 1 is 1.57 bits per heavy atom. The lowest BCUT2D eigenvalue weighted by molar-refractivity contribution is -0.136. The van der Waals surface area contributed by atoms with E-state index in [0.717, 1.165) is 32.4 Å². The third kappa shape index (κ3) is 1.48. The number of nitrogens with zero attached hydrogens (tertiary/aromatic N) is 1. The molecule has 3 nitrogen and oxygen atoms in total. The van der Waals surface area contributed by atoms with Crippen LogP contribution in [0.25, 0.3) is 0 Å². The van der Waals surface area contributed by atoms with Crippen LogP contribution in [0.15, 0.2) is 0 Å². The van der Waals surface area contributed by atoms with E-state index in [4.69, 9.17) is 5.73 Å². The smallest absolute Gasteiger partial charge is 0.144 e. The van der Waals surface area contributed by atoms with Crippen molar-refractivity contribution in [3.8, 4) is 0 Å². The molecule has 2 N–H and O–H groups in total. The molecule has 1 saturated heterocycles. The van der Waals surface area contributed by atoms with E-state index in [-0.39, 0.29) is 11.3 Å². The van der Waals surface area contributed by atoms with Gasteiger partial charge in [-0.1, -0.05) is 6.42 Å². The fourth-order valence-corrected chi connectivity index (χ4v) is 2.74. The van der Waals surface area contributed by atoms with Crippen molar-refractivity contribution in [1.82, 2.24) is 4.90 Å². The highest BCUT2D eigenvalue weighted by Gasteiger charge is 2.46. The number of carbonyl (C=O) groups is 1. The van der Waals surface area contributed by atoms with Crippen LogP contribution < -0.4 is 5.73 Å². The van der Waals surface area contributed by atoms with E-state index in [1.165, 1.54) is 6.42 Å². The number of ketones is 1. The van der Waals surface area contributed by atoms with Crippen LogP contribution in [0.1, 0.15) is 25.7 Å². The summed E-state index contributed by atoms with van der Waals surface area (Å²) in [5.41, 5.74) is 5.62. The summed E-state index contributed by atoms with van der Waals surface area (Å²) in [4.78, 5) is 14.5. The van der Waals surface area contributed by atoms with E-state index in [9.17, 15) is 4.79 Å². The van der Waals surface area contributed by atoms with Crippen molar-refractivity contribution in [2.24, 2.45) is 17.1 Å². The molecule has 0 aromatic rings. The lowest BCUT2D eigenvalue weighted by Crippen LogP contribution is -2.47. The van der Waals surface area contributed by atoms with Crippen LogP contribution >= 0.6 is 0 Å². The molecule has 3 heteroatoms. The van der Waals surface area contributed by atoms with Gasteiger partial charge in [0.25, 0.3) is 0 Å². The van der Waals surface area contributed by atoms with Crippen LogP contribution in [-0.4, -0.2) is 37.4 Å². The van der Waals surface area contributed by atoms with Crippen LogP contribution in [-0.2, 0) is 4.79 Å². The van der Waals surface area contributed by atoms with Gasteiger partial charge in [-0.2, -0.15) is 0 Å². The number of carbonyl (C=O) groups excluding carboxylic acids is 1. The molecule has 0 radical (unpaired) electrons. The van der Waals surface area contributed by atoms with Gasteiger partial charge in [0.15, 0.2) is 0 Å². The molecule has 0 aromatic carbocycles. The van der Waals surface area contributed by atoms with E-state index in [1.807, 2.05) is 0 Å². The van der Waals surface area contributed by atoms with Gasteiger partial charge in [-0.3, -0.25) is 4.79 Å². The van der Waals surface area contributed by atoms with Gasteiger partial charge < -0.3 is 10.6 Å². The predicted molar refractivity (Wildman–Crippen MR) is 55.9 cm³/mol. The maximum Gasteiger partial charge on any atom is 0.144 e. The van der Waals surface area contributed by atoms with Gasteiger partial charge in [0.05, 0.1) is 0 Å². The number of Topliss-reactive ketones (excluding diaryl/α,β-unsaturated/α-hetero) is 1. The van der Waals surface area contributed by atoms with Gasteiger partial charge in [0.2, 0.25) is 0 Å². The zero-order valence-corrected chi connectivity index (χ0v) is 8.96. The van der Waals surface area contributed by atoms with Gasteiger partial charge in [-0.05, 0) is 32.9 Å². The lowest BCUT2D eigenvalue weighted by Gasteiger charge is -2.41. The van der Waals surface area contributed by atoms with Gasteiger partial charge >= 0.3 is 0 Å². The lowest BCUT2D eigenvalue weighted by atomic mass is 9.63. The SMILES string of the molecule is CN1CCC(C(=O)C2(CN)CCC2)C1. The molecule has 2 aliphatic rings. The standard InChI is InChI=1S/C11H20N2O/c1-13-6-3-9(7-13)10(14)11(8-12)4-2-5-11/h9H,2-8,12H2,1H3. The number of likely N-dealkylation sites (tertiary alicyclic amines) is 1. The van der Waals surface area contributed by atoms with Gasteiger partial charge in [-0.15, -0.1) is 0 Å². The molecular formula is C11H20N2O. The molecule has 2 rings (SSSR count). The Kier molecular flexibility index (Phi) is 2.62. The monoisotopic (exact) mass is 196 g/mol. The average molecular weight is 196 g/mol. The van der Waals surface area contributed by atoms with E-state index < -0.39 is 0 Å². The Balaban J connectivity index is 2.00. The Morgan fingerprint density at radius 3 is 2.64 bits per heavy atom. The largest absolute Gasteiger partial charge is 0.329 e. The van der Waals surface area contributed by atoms with Crippen molar-refractivity contribution < 1.29 is 4.79 Å². The molecular weight excluding hydrogens is 176 g/mol. The molecule has 1 saturated carbocycles. The highest BCUT2D eigenvalue weighted by molar-refractivity contribution is 5.88. The minimum absolute atomic E-state index is 0.115. The van der Waals surface area contributed by atoms with Crippen molar-refractivity contribution in [2.75, 3.05) is 26.7 Å². The van der Waals surface area contributed by atoms with Gasteiger partial charge in [-0.25, -0.2) is 0 Å². The normalized spacial score (nSPS) is 31.4. The maximum absolute atomic E-state index is 12.2. The Morgan fingerprint density at radius 2 is 2.29 bits per heavy atom. The van der Waals surface area contributed by atoms with Gasteiger partial charge in [0.1, 0.15) is 5.78 Å². The summed E-state index contributed by atoms with van der Waals surface area (Å²) in [5, 5.41) is 0. The first-order valence-corrected chi connectivity index (χ1v) is 5.61. The second-order valence-corrected chi connectivity index (χ2v) is 4.95. The minimum atomic E-state index is -0.115. The Labute approximate surface area is 85.6 Å². The van der Waals surface area contributed by atoms with E-state index >= 15 is 0 Å². The fraction of sp³-hybridized carbons (Fsp3) is 0.909. The molecule has 1 unspecified atom stereocenters. The van der Waals surface area contributed by atoms with E-state index in [1.54, 1.807) is 0 Å². The summed E-state index contributed by atoms with van der Waals surface area (Å²) in [7, 11) is 2.09. The molecule has 14 heavy (non-hydrogen) atoms. The Hall–Kier alpha value is -0.410. The highest BCUT2D eigenvalue weighted by atomic mass is 16.1. The first-order chi connectivity index (χ1) is 6.68. The van der Waals surface area contributed by atoms with Crippen molar-refractivity contribution >= 4 is 5.78 Å². The third-order valence-corrected chi connectivity index (χ3v) is 3.99. The molecule has 0 aromatic heterocycles. The molecule has 0 spiro atoms. The topological polar surface area (TPSA) is 46.3 Å². The predicted octanol–water partition coefficient (Wildman–Crippen LogP) is 0.636. The second kappa shape index (κ2) is 3.63. The van der Waals surface area contributed by atoms with E-state index in [0.29, 0.717) is 12.3 Å². The number of hydrogen-bond acceptors (Lipinski definition) is 3. The molecule has 1 heterocycles. The van der Waals surface area contributed by atoms with Crippen LogP contribution in [0.4, 0.5) is 0 Å². The summed E-state index contributed by atoms with van der Waals surface area (Å²) < 4.78 is 0. The zero-order valence-electron chi connectivity index (χ0n) is 8.96. The highest BCUT2D eigenvalue weighted by Crippen LogP contribution is 2.43. The summed E-state index contributed by atoms with van der Waals surface area (Å²) in [5.74, 6) is 0.722. The zero-order chi connectivity index (χ0) is 10.2. The number of hydrogen-bond donors (Lipinski definition) is 1. The number of rotatable bonds is 3. The molecule has 0 bridgehead atoms. The van der Waals surface area contributed by atoms with Crippen LogP contribution in [0.5, 0.6) is 0 Å².